The van der Waals surface area contributed by atoms with Gasteiger partial charge in [-0.05, 0) is 43.8 Å². The van der Waals surface area contributed by atoms with Crippen molar-refractivity contribution in [1.82, 2.24) is 9.80 Å². The van der Waals surface area contributed by atoms with E-state index in [0.29, 0.717) is 12.5 Å². The fraction of sp³-hybridized carbons (Fsp3) is 0.938. The van der Waals surface area contributed by atoms with Gasteiger partial charge in [-0.25, -0.2) is 0 Å². The van der Waals surface area contributed by atoms with Crippen LogP contribution in [0.25, 0.3) is 0 Å². The molecule has 1 fully saturated rings. The van der Waals surface area contributed by atoms with E-state index in [4.69, 9.17) is 5.73 Å². The minimum Gasteiger partial charge on any atom is -0.344 e. The summed E-state index contributed by atoms with van der Waals surface area (Å²) in [5, 5.41) is 0. The van der Waals surface area contributed by atoms with E-state index in [1.54, 1.807) is 0 Å². The second-order valence-corrected chi connectivity index (χ2v) is 7.35. The average Bonchev–Trinajstić information content (AvgIpc) is 2.39. The van der Waals surface area contributed by atoms with E-state index in [9.17, 15) is 4.79 Å². The zero-order chi connectivity index (χ0) is 15.3. The second-order valence-electron chi connectivity index (χ2n) is 7.35. The third kappa shape index (κ3) is 4.74. The summed E-state index contributed by atoms with van der Waals surface area (Å²) in [6.45, 7) is 12.0. The molecule has 0 spiro atoms. The number of carbonyl (C=O) groups excluding carboxylic acids is 1. The van der Waals surface area contributed by atoms with Gasteiger partial charge >= 0.3 is 0 Å². The number of carbonyl (C=O) groups is 1. The Morgan fingerprint density at radius 3 is 2.25 bits per heavy atom. The molecule has 1 rings (SSSR count). The van der Waals surface area contributed by atoms with Crippen LogP contribution in [0.3, 0.4) is 0 Å². The number of likely N-dealkylation sites (tertiary alicyclic amines) is 1. The minimum atomic E-state index is -0.0200. The molecule has 0 aliphatic carbocycles. The molecule has 20 heavy (non-hydrogen) atoms. The summed E-state index contributed by atoms with van der Waals surface area (Å²) < 4.78 is 0. The van der Waals surface area contributed by atoms with Gasteiger partial charge in [0.25, 0.3) is 0 Å². The monoisotopic (exact) mass is 283 g/mol. The summed E-state index contributed by atoms with van der Waals surface area (Å²) in [4.78, 5) is 17.1. The van der Waals surface area contributed by atoms with Crippen LogP contribution in [0.2, 0.25) is 0 Å². The van der Waals surface area contributed by atoms with Crippen molar-refractivity contribution in [2.45, 2.75) is 53.0 Å². The van der Waals surface area contributed by atoms with Crippen LogP contribution in [0.4, 0.5) is 0 Å². The molecule has 0 radical (unpaired) electrons. The maximum Gasteiger partial charge on any atom is 0.239 e. The SMILES string of the molecule is CC(C)C(C(=O)N(C)CC(C)(C)CN)N1CCCCC1. The summed E-state index contributed by atoms with van der Waals surface area (Å²) in [5.41, 5.74) is 5.77. The van der Waals surface area contributed by atoms with Crippen molar-refractivity contribution in [3.63, 3.8) is 0 Å². The van der Waals surface area contributed by atoms with E-state index in [1.807, 2.05) is 11.9 Å². The fourth-order valence-electron chi connectivity index (χ4n) is 3.07. The quantitative estimate of drug-likeness (QED) is 0.810. The molecule has 0 aromatic rings. The number of hydrogen-bond acceptors (Lipinski definition) is 3. The highest BCUT2D eigenvalue weighted by atomic mass is 16.2. The van der Waals surface area contributed by atoms with E-state index in [1.165, 1.54) is 19.3 Å². The maximum atomic E-state index is 12.8. The first kappa shape index (κ1) is 17.4. The predicted octanol–water partition coefficient (Wildman–Crippen LogP) is 1.94. The lowest BCUT2D eigenvalue weighted by Crippen LogP contribution is -2.53. The lowest BCUT2D eigenvalue weighted by Gasteiger charge is -2.39. The summed E-state index contributed by atoms with van der Waals surface area (Å²) in [5.74, 6) is 0.604. The predicted molar refractivity (Wildman–Crippen MR) is 84.5 cm³/mol. The van der Waals surface area contributed by atoms with E-state index < -0.39 is 0 Å². The molecule has 1 amide bonds. The molecule has 2 N–H and O–H groups in total. The smallest absolute Gasteiger partial charge is 0.239 e. The normalized spacial score (nSPS) is 19.1. The molecule has 0 aromatic heterocycles. The van der Waals surface area contributed by atoms with Crippen LogP contribution in [0.15, 0.2) is 0 Å². The molecular formula is C16H33N3O. The molecule has 4 nitrogen and oxygen atoms in total. The van der Waals surface area contributed by atoms with Crippen molar-refractivity contribution in [1.29, 1.82) is 0 Å². The van der Waals surface area contributed by atoms with Crippen LogP contribution in [0.1, 0.15) is 47.0 Å². The molecule has 118 valence electrons. The van der Waals surface area contributed by atoms with E-state index in [0.717, 1.165) is 19.6 Å². The molecule has 0 saturated carbocycles. The summed E-state index contributed by atoms with van der Waals surface area (Å²) >= 11 is 0. The zero-order valence-corrected chi connectivity index (χ0v) is 14.0. The van der Waals surface area contributed by atoms with Gasteiger partial charge in [0.2, 0.25) is 5.91 Å². The van der Waals surface area contributed by atoms with Crippen LogP contribution in [0, 0.1) is 11.3 Å². The molecular weight excluding hydrogens is 250 g/mol. The number of amides is 1. The van der Waals surface area contributed by atoms with Crippen molar-refractivity contribution in [3.05, 3.63) is 0 Å². The van der Waals surface area contributed by atoms with Crippen molar-refractivity contribution < 1.29 is 4.79 Å². The van der Waals surface area contributed by atoms with Gasteiger partial charge in [-0.3, -0.25) is 9.69 Å². The molecule has 1 heterocycles. The fourth-order valence-corrected chi connectivity index (χ4v) is 3.07. The largest absolute Gasteiger partial charge is 0.344 e. The average molecular weight is 283 g/mol. The van der Waals surface area contributed by atoms with Crippen LogP contribution >= 0.6 is 0 Å². The summed E-state index contributed by atoms with van der Waals surface area (Å²) in [6, 6.07) is 0.0221. The van der Waals surface area contributed by atoms with Crippen LogP contribution in [-0.4, -0.2) is 55.0 Å². The van der Waals surface area contributed by atoms with Crippen LogP contribution in [0.5, 0.6) is 0 Å². The Morgan fingerprint density at radius 2 is 1.80 bits per heavy atom. The van der Waals surface area contributed by atoms with Crippen LogP contribution < -0.4 is 5.73 Å². The molecule has 0 aromatic carbocycles. The molecule has 1 aliphatic heterocycles. The van der Waals surface area contributed by atoms with Gasteiger partial charge in [-0.2, -0.15) is 0 Å². The Bertz CT molecular complexity index is 309. The highest BCUT2D eigenvalue weighted by Gasteiger charge is 2.33. The highest BCUT2D eigenvalue weighted by Crippen LogP contribution is 2.21. The standard InChI is InChI=1S/C16H33N3O/c1-13(2)14(19-9-7-6-8-10-19)15(20)18(5)12-16(3,4)11-17/h13-14H,6-12,17H2,1-5H3. The van der Waals surface area contributed by atoms with E-state index >= 15 is 0 Å². The second kappa shape index (κ2) is 7.41. The van der Waals surface area contributed by atoms with Crippen molar-refractivity contribution in [2.24, 2.45) is 17.1 Å². The molecule has 0 bridgehead atoms. The third-order valence-corrected chi connectivity index (χ3v) is 4.26. The van der Waals surface area contributed by atoms with Crippen molar-refractivity contribution in [3.8, 4) is 0 Å². The first-order valence-corrected chi connectivity index (χ1v) is 7.97. The molecule has 1 atom stereocenters. The topological polar surface area (TPSA) is 49.6 Å². The van der Waals surface area contributed by atoms with Crippen LogP contribution in [-0.2, 0) is 4.79 Å². The Kier molecular flexibility index (Phi) is 6.46. The number of likely N-dealkylation sites (N-methyl/N-ethyl adjacent to an activating group) is 1. The van der Waals surface area contributed by atoms with Gasteiger partial charge in [-0.15, -0.1) is 0 Å². The van der Waals surface area contributed by atoms with Gasteiger partial charge in [-0.1, -0.05) is 34.1 Å². The first-order valence-electron chi connectivity index (χ1n) is 7.97. The molecule has 1 aliphatic rings. The third-order valence-electron chi connectivity index (χ3n) is 4.26. The maximum absolute atomic E-state index is 12.8. The first-order chi connectivity index (χ1) is 9.28. The zero-order valence-electron chi connectivity index (χ0n) is 14.0. The van der Waals surface area contributed by atoms with E-state index in [-0.39, 0.29) is 17.4 Å². The van der Waals surface area contributed by atoms with Gasteiger partial charge < -0.3 is 10.6 Å². The highest BCUT2D eigenvalue weighted by molar-refractivity contribution is 5.82. The number of nitrogens with zero attached hydrogens (tertiary/aromatic N) is 2. The Labute approximate surface area is 124 Å². The lowest BCUT2D eigenvalue weighted by molar-refractivity contribution is -0.139. The van der Waals surface area contributed by atoms with Crippen molar-refractivity contribution >= 4 is 5.91 Å². The van der Waals surface area contributed by atoms with Gasteiger partial charge in [0.05, 0.1) is 6.04 Å². The van der Waals surface area contributed by atoms with E-state index in [2.05, 4.69) is 32.6 Å². The van der Waals surface area contributed by atoms with Gasteiger partial charge in [0.15, 0.2) is 0 Å². The number of piperidine rings is 1. The minimum absolute atomic E-state index is 0.0200. The van der Waals surface area contributed by atoms with Gasteiger partial charge in [0, 0.05) is 13.6 Å². The molecule has 4 heteroatoms. The number of hydrogen-bond donors (Lipinski definition) is 1. The Morgan fingerprint density at radius 1 is 1.25 bits per heavy atom. The number of nitrogens with two attached hydrogens (primary N) is 1. The molecule has 1 saturated heterocycles. The molecule has 1 unspecified atom stereocenters. The van der Waals surface area contributed by atoms with Gasteiger partial charge in [0.1, 0.15) is 0 Å². The lowest BCUT2D eigenvalue weighted by atomic mass is 9.92. The summed E-state index contributed by atoms with van der Waals surface area (Å²) in [6.07, 6.45) is 3.73. The number of rotatable bonds is 6. The Balaban J connectivity index is 2.72. The van der Waals surface area contributed by atoms with Crippen molar-refractivity contribution in [2.75, 3.05) is 33.2 Å². The summed E-state index contributed by atoms with van der Waals surface area (Å²) in [7, 11) is 1.92. The Hall–Kier alpha value is -0.610.